The molecule has 1 saturated carbocycles. The van der Waals surface area contributed by atoms with Gasteiger partial charge >= 0.3 is 5.97 Å². The molecule has 0 amide bonds. The summed E-state index contributed by atoms with van der Waals surface area (Å²) in [5.41, 5.74) is 0.975. The van der Waals surface area contributed by atoms with Crippen molar-refractivity contribution >= 4 is 5.97 Å². The van der Waals surface area contributed by atoms with Crippen LogP contribution in [0.5, 0.6) is 0 Å². The van der Waals surface area contributed by atoms with Crippen molar-refractivity contribution < 1.29 is 9.53 Å². The normalized spacial score (nSPS) is 14.5. The zero-order valence-corrected chi connectivity index (χ0v) is 11.4. The number of aromatic nitrogens is 7. The summed E-state index contributed by atoms with van der Waals surface area (Å²) in [5, 5.41) is 19.6. The molecule has 0 N–H and O–H groups in total. The Kier molecular flexibility index (Phi) is 3.17. The minimum atomic E-state index is -0.477. The lowest BCUT2D eigenvalue weighted by atomic mass is 10.2. The van der Waals surface area contributed by atoms with E-state index in [-0.39, 0.29) is 5.69 Å². The first-order chi connectivity index (χ1) is 9.74. The highest BCUT2D eigenvalue weighted by molar-refractivity contribution is 5.88. The lowest BCUT2D eigenvalue weighted by molar-refractivity contribution is 0.0592. The van der Waals surface area contributed by atoms with Crippen molar-refractivity contribution in [3.8, 4) is 0 Å². The Hall–Kier alpha value is -2.32. The topological polar surface area (TPSA) is 101 Å². The highest BCUT2D eigenvalue weighted by atomic mass is 16.5. The first-order valence-corrected chi connectivity index (χ1v) is 6.52. The van der Waals surface area contributed by atoms with E-state index in [1.165, 1.54) is 7.11 Å². The van der Waals surface area contributed by atoms with Crippen molar-refractivity contribution in [3.63, 3.8) is 0 Å². The Morgan fingerprint density at radius 1 is 1.35 bits per heavy atom. The van der Waals surface area contributed by atoms with Gasteiger partial charge in [0.2, 0.25) is 0 Å². The predicted octanol–water partition coefficient (Wildman–Crippen LogP) is -0.00320. The molecule has 0 aromatic carbocycles. The third-order valence-electron chi connectivity index (χ3n) is 3.30. The zero-order valence-electron chi connectivity index (χ0n) is 11.4. The second-order valence-electron chi connectivity index (χ2n) is 4.66. The van der Waals surface area contributed by atoms with Crippen LogP contribution < -0.4 is 0 Å². The maximum atomic E-state index is 11.6. The van der Waals surface area contributed by atoms with E-state index in [0.29, 0.717) is 19.0 Å². The fourth-order valence-corrected chi connectivity index (χ4v) is 2.12. The number of ether oxygens (including phenoxy) is 1. The van der Waals surface area contributed by atoms with E-state index in [1.54, 1.807) is 4.68 Å². The minimum Gasteiger partial charge on any atom is -0.464 e. The van der Waals surface area contributed by atoms with Crippen molar-refractivity contribution in [2.24, 2.45) is 0 Å². The summed E-state index contributed by atoms with van der Waals surface area (Å²) >= 11 is 0. The van der Waals surface area contributed by atoms with Gasteiger partial charge in [-0.25, -0.2) is 14.2 Å². The SMILES string of the molecule is CCc1c(C(=O)OC)nnn1Cc1nnnn1C1CC1. The third-order valence-corrected chi connectivity index (χ3v) is 3.30. The van der Waals surface area contributed by atoms with Gasteiger partial charge in [0.25, 0.3) is 0 Å². The van der Waals surface area contributed by atoms with Gasteiger partial charge in [0.05, 0.1) is 18.8 Å². The van der Waals surface area contributed by atoms with E-state index < -0.39 is 5.97 Å². The van der Waals surface area contributed by atoms with Gasteiger partial charge in [-0.15, -0.1) is 10.2 Å². The molecule has 3 rings (SSSR count). The molecule has 0 spiro atoms. The molecule has 0 radical (unpaired) electrons. The Morgan fingerprint density at radius 3 is 2.80 bits per heavy atom. The highest BCUT2D eigenvalue weighted by Gasteiger charge is 2.28. The number of methoxy groups -OCH3 is 1. The standard InChI is InChI=1S/C11H15N7O2/c1-3-8-10(11(19)20-2)13-15-17(8)6-9-12-14-16-18(9)7-4-5-7/h7H,3-6H2,1-2H3. The van der Waals surface area contributed by atoms with Crippen LogP contribution in [0.3, 0.4) is 0 Å². The molecule has 0 bridgehead atoms. The molecule has 1 aliphatic rings. The minimum absolute atomic E-state index is 0.250. The number of nitrogens with zero attached hydrogens (tertiary/aromatic N) is 7. The number of tetrazole rings is 1. The van der Waals surface area contributed by atoms with E-state index in [1.807, 2.05) is 11.6 Å². The monoisotopic (exact) mass is 277 g/mol. The third kappa shape index (κ3) is 2.15. The van der Waals surface area contributed by atoms with Crippen LogP contribution in [0.4, 0.5) is 0 Å². The van der Waals surface area contributed by atoms with Gasteiger partial charge in [0.15, 0.2) is 11.5 Å². The number of hydrogen-bond acceptors (Lipinski definition) is 7. The second-order valence-corrected chi connectivity index (χ2v) is 4.66. The van der Waals surface area contributed by atoms with Crippen molar-refractivity contribution in [2.45, 2.75) is 38.8 Å². The van der Waals surface area contributed by atoms with Crippen molar-refractivity contribution in [3.05, 3.63) is 17.2 Å². The van der Waals surface area contributed by atoms with Gasteiger partial charge in [-0.3, -0.25) is 0 Å². The van der Waals surface area contributed by atoms with Gasteiger partial charge in [-0.1, -0.05) is 12.1 Å². The Labute approximate surface area is 114 Å². The van der Waals surface area contributed by atoms with E-state index in [0.717, 1.165) is 24.4 Å². The number of hydrogen-bond donors (Lipinski definition) is 0. The molecule has 1 fully saturated rings. The van der Waals surface area contributed by atoms with Crippen LogP contribution >= 0.6 is 0 Å². The van der Waals surface area contributed by atoms with Crippen molar-refractivity contribution in [1.82, 2.24) is 35.2 Å². The van der Waals surface area contributed by atoms with Crippen LogP contribution in [-0.2, 0) is 17.7 Å². The summed E-state index contributed by atoms with van der Waals surface area (Å²) < 4.78 is 8.17. The van der Waals surface area contributed by atoms with Crippen LogP contribution in [0.25, 0.3) is 0 Å². The molecule has 2 heterocycles. The maximum Gasteiger partial charge on any atom is 0.360 e. The molecule has 20 heavy (non-hydrogen) atoms. The smallest absolute Gasteiger partial charge is 0.360 e. The summed E-state index contributed by atoms with van der Waals surface area (Å²) in [4.78, 5) is 11.6. The molecule has 9 nitrogen and oxygen atoms in total. The van der Waals surface area contributed by atoms with Crippen LogP contribution in [0.1, 0.15) is 47.8 Å². The van der Waals surface area contributed by atoms with Gasteiger partial charge in [0.1, 0.15) is 6.54 Å². The molecule has 0 atom stereocenters. The highest BCUT2D eigenvalue weighted by Crippen LogP contribution is 2.34. The average molecular weight is 277 g/mol. The number of carbonyl (C=O) groups excluding carboxylic acids is 1. The van der Waals surface area contributed by atoms with Crippen LogP contribution in [0, 0.1) is 0 Å². The van der Waals surface area contributed by atoms with Crippen LogP contribution in [0.2, 0.25) is 0 Å². The van der Waals surface area contributed by atoms with Crippen molar-refractivity contribution in [2.75, 3.05) is 7.11 Å². The fraction of sp³-hybridized carbons (Fsp3) is 0.636. The molecule has 2 aromatic rings. The Bertz CT molecular complexity index is 629. The van der Waals surface area contributed by atoms with Gasteiger partial charge in [-0.05, 0) is 29.7 Å². The first-order valence-electron chi connectivity index (χ1n) is 6.52. The number of carbonyl (C=O) groups is 1. The molecule has 2 aromatic heterocycles. The first kappa shape index (κ1) is 12.7. The van der Waals surface area contributed by atoms with Crippen LogP contribution in [0.15, 0.2) is 0 Å². The lowest BCUT2D eigenvalue weighted by Gasteiger charge is -2.05. The lowest BCUT2D eigenvalue weighted by Crippen LogP contribution is -2.13. The van der Waals surface area contributed by atoms with E-state index in [2.05, 4.69) is 25.8 Å². The summed E-state index contributed by atoms with van der Waals surface area (Å²) in [5.74, 6) is 0.249. The summed E-state index contributed by atoms with van der Waals surface area (Å²) in [6, 6.07) is 0.397. The second kappa shape index (κ2) is 4.99. The predicted molar refractivity (Wildman–Crippen MR) is 65.9 cm³/mol. The number of rotatable bonds is 5. The molecular weight excluding hydrogens is 262 g/mol. The maximum absolute atomic E-state index is 11.6. The van der Waals surface area contributed by atoms with E-state index >= 15 is 0 Å². The Balaban J connectivity index is 1.88. The fourth-order valence-electron chi connectivity index (χ4n) is 2.12. The van der Waals surface area contributed by atoms with Crippen LogP contribution in [-0.4, -0.2) is 48.3 Å². The molecular formula is C11H15N7O2. The summed E-state index contributed by atoms with van der Waals surface area (Å²) in [6.07, 6.45) is 2.83. The molecule has 106 valence electrons. The number of esters is 1. The summed E-state index contributed by atoms with van der Waals surface area (Å²) in [7, 11) is 1.33. The van der Waals surface area contributed by atoms with E-state index in [9.17, 15) is 4.79 Å². The quantitative estimate of drug-likeness (QED) is 0.709. The molecule has 0 unspecified atom stereocenters. The summed E-state index contributed by atoms with van der Waals surface area (Å²) in [6.45, 7) is 2.34. The largest absolute Gasteiger partial charge is 0.464 e. The van der Waals surface area contributed by atoms with Gasteiger partial charge in [0, 0.05) is 0 Å². The molecule has 9 heteroatoms. The Morgan fingerprint density at radius 2 is 2.15 bits per heavy atom. The van der Waals surface area contributed by atoms with Gasteiger partial charge in [-0.2, -0.15) is 0 Å². The van der Waals surface area contributed by atoms with Crippen molar-refractivity contribution in [1.29, 1.82) is 0 Å². The molecule has 1 aliphatic carbocycles. The van der Waals surface area contributed by atoms with E-state index in [4.69, 9.17) is 4.74 Å². The zero-order chi connectivity index (χ0) is 14.1. The average Bonchev–Trinajstić information content (AvgIpc) is 3.07. The van der Waals surface area contributed by atoms with Gasteiger partial charge < -0.3 is 4.74 Å². The molecule has 0 saturated heterocycles. The molecule has 0 aliphatic heterocycles.